The van der Waals surface area contributed by atoms with Gasteiger partial charge < -0.3 is 24.3 Å². The molecule has 36 heavy (non-hydrogen) atoms. The number of H-pyrrole nitrogens is 1. The van der Waals surface area contributed by atoms with E-state index in [9.17, 15) is 4.79 Å². The van der Waals surface area contributed by atoms with Crippen LogP contribution in [0.15, 0.2) is 72.8 Å². The Morgan fingerprint density at radius 2 is 1.72 bits per heavy atom. The van der Waals surface area contributed by atoms with Gasteiger partial charge in [-0.05, 0) is 62.3 Å². The second-order valence-electron chi connectivity index (χ2n) is 10.0. The number of benzene rings is 3. The zero-order valence-corrected chi connectivity index (χ0v) is 20.8. The van der Waals surface area contributed by atoms with E-state index in [0.717, 1.165) is 48.1 Å². The minimum atomic E-state index is -0.0885. The molecule has 0 bridgehead atoms. The molecule has 1 fully saturated rings. The van der Waals surface area contributed by atoms with Gasteiger partial charge in [-0.3, -0.25) is 4.79 Å². The maximum Gasteiger partial charge on any atom is 0.274 e. The van der Waals surface area contributed by atoms with Crippen molar-refractivity contribution in [2.24, 2.45) is 0 Å². The molecule has 0 aliphatic carbocycles. The zero-order chi connectivity index (χ0) is 24.7. The first-order chi connectivity index (χ1) is 17.6. The Bertz CT molecular complexity index is 1370. The molecule has 0 unspecified atom stereocenters. The second kappa shape index (κ2) is 9.03. The number of carbonyl (C=O) groups excluding carboxylic acids is 1. The Morgan fingerprint density at radius 3 is 2.47 bits per heavy atom. The summed E-state index contributed by atoms with van der Waals surface area (Å²) in [4.78, 5) is 21.6. The van der Waals surface area contributed by atoms with Crippen LogP contribution in [0.25, 0.3) is 10.9 Å². The van der Waals surface area contributed by atoms with Crippen molar-refractivity contribution in [1.82, 2.24) is 9.88 Å². The van der Waals surface area contributed by atoms with E-state index in [1.807, 2.05) is 71.6 Å². The normalized spacial score (nSPS) is 16.9. The molecule has 1 saturated heterocycles. The maximum absolute atomic E-state index is 13.9. The van der Waals surface area contributed by atoms with Gasteiger partial charge in [0.25, 0.3) is 5.91 Å². The van der Waals surface area contributed by atoms with Crippen LogP contribution in [0.5, 0.6) is 11.5 Å². The molecule has 0 atom stereocenters. The molecular weight excluding hydrogens is 450 g/mol. The fourth-order valence-electron chi connectivity index (χ4n) is 5.67. The molecule has 1 N–H and O–H groups in total. The van der Waals surface area contributed by atoms with Gasteiger partial charge in [-0.15, -0.1) is 0 Å². The van der Waals surface area contributed by atoms with Gasteiger partial charge in [0.1, 0.15) is 12.3 Å². The summed E-state index contributed by atoms with van der Waals surface area (Å²) in [6.45, 7) is 3.10. The molecule has 1 spiro atoms. The first-order valence-electron chi connectivity index (χ1n) is 12.5. The molecule has 4 aromatic rings. The van der Waals surface area contributed by atoms with E-state index < -0.39 is 0 Å². The second-order valence-corrected chi connectivity index (χ2v) is 10.0. The van der Waals surface area contributed by atoms with Crippen molar-refractivity contribution in [2.75, 3.05) is 38.7 Å². The number of likely N-dealkylation sites (tertiary alicyclic amines) is 1. The Kier molecular flexibility index (Phi) is 5.69. The molecule has 2 aliphatic rings. The summed E-state index contributed by atoms with van der Waals surface area (Å²) in [6, 6.07) is 24.2. The predicted molar refractivity (Wildman–Crippen MR) is 142 cm³/mol. The lowest BCUT2D eigenvalue weighted by molar-refractivity contribution is 0.0975. The van der Waals surface area contributed by atoms with Gasteiger partial charge in [-0.1, -0.05) is 48.5 Å². The summed E-state index contributed by atoms with van der Waals surface area (Å²) in [5, 5.41) is 1.04. The average Bonchev–Trinajstić information content (AvgIpc) is 3.48. The minimum absolute atomic E-state index is 0.0116. The van der Waals surface area contributed by atoms with Crippen molar-refractivity contribution >= 4 is 22.5 Å². The van der Waals surface area contributed by atoms with Crippen molar-refractivity contribution in [3.8, 4) is 11.5 Å². The Labute approximate surface area is 211 Å². The first kappa shape index (κ1) is 22.7. The van der Waals surface area contributed by atoms with Gasteiger partial charge in [0.05, 0.1) is 12.8 Å². The topological polar surface area (TPSA) is 57.8 Å². The number of nitrogens with one attached hydrogen (secondary N) is 1. The molecule has 2 aliphatic heterocycles. The third-order valence-corrected chi connectivity index (χ3v) is 7.79. The minimum Gasteiger partial charge on any atom is -0.493 e. The van der Waals surface area contributed by atoms with E-state index in [2.05, 4.69) is 23.0 Å². The molecule has 6 heteroatoms. The predicted octanol–water partition coefficient (Wildman–Crippen LogP) is 5.38. The lowest BCUT2D eigenvalue weighted by atomic mass is 9.74. The molecule has 3 heterocycles. The number of carbonyl (C=O) groups is 1. The smallest absolute Gasteiger partial charge is 0.274 e. The van der Waals surface area contributed by atoms with Crippen LogP contribution in [0.2, 0.25) is 0 Å². The molecule has 3 aromatic carbocycles. The molecule has 0 saturated carbocycles. The van der Waals surface area contributed by atoms with E-state index in [-0.39, 0.29) is 11.3 Å². The van der Waals surface area contributed by atoms with Gasteiger partial charge in [-0.2, -0.15) is 0 Å². The van der Waals surface area contributed by atoms with Crippen molar-refractivity contribution < 1.29 is 14.3 Å². The van der Waals surface area contributed by atoms with E-state index in [1.165, 1.54) is 5.56 Å². The van der Waals surface area contributed by atoms with Crippen molar-refractivity contribution in [3.05, 3.63) is 89.6 Å². The molecule has 6 nitrogen and oxygen atoms in total. The van der Waals surface area contributed by atoms with E-state index in [4.69, 9.17) is 9.47 Å². The van der Waals surface area contributed by atoms with Crippen molar-refractivity contribution in [1.29, 1.82) is 0 Å². The largest absolute Gasteiger partial charge is 0.493 e. The summed E-state index contributed by atoms with van der Waals surface area (Å²) >= 11 is 0. The summed E-state index contributed by atoms with van der Waals surface area (Å²) in [5.41, 5.74) is 4.67. The number of ether oxygens (including phenoxy) is 2. The van der Waals surface area contributed by atoms with E-state index in [0.29, 0.717) is 30.3 Å². The molecule has 6 rings (SSSR count). The average molecular weight is 482 g/mol. The van der Waals surface area contributed by atoms with Gasteiger partial charge in [0.2, 0.25) is 0 Å². The molecule has 1 amide bonds. The van der Waals surface area contributed by atoms with Crippen LogP contribution >= 0.6 is 0 Å². The Balaban J connectivity index is 1.40. The molecule has 184 valence electrons. The number of methoxy groups -OCH3 is 1. The number of hydrogen-bond acceptors (Lipinski definition) is 4. The molecule has 0 radical (unpaired) electrons. The molecular formula is C30H31N3O3. The number of aromatic amines is 1. The number of para-hydroxylation sites is 1. The van der Waals surface area contributed by atoms with Crippen LogP contribution < -0.4 is 14.4 Å². The van der Waals surface area contributed by atoms with Crippen LogP contribution in [0.4, 0.5) is 5.69 Å². The fraction of sp³-hybridized carbons (Fsp3) is 0.300. The Morgan fingerprint density at radius 1 is 0.972 bits per heavy atom. The number of amides is 1. The number of hydrogen-bond donors (Lipinski definition) is 1. The lowest BCUT2D eigenvalue weighted by Crippen LogP contribution is -2.44. The third-order valence-electron chi connectivity index (χ3n) is 7.79. The van der Waals surface area contributed by atoms with Crippen molar-refractivity contribution in [3.63, 3.8) is 0 Å². The molecule has 1 aromatic heterocycles. The monoisotopic (exact) mass is 481 g/mol. The van der Waals surface area contributed by atoms with Gasteiger partial charge in [0, 0.05) is 28.9 Å². The number of fused-ring (bicyclic) bond motifs is 3. The van der Waals surface area contributed by atoms with Gasteiger partial charge in [0.15, 0.2) is 11.5 Å². The fourth-order valence-corrected chi connectivity index (χ4v) is 5.67. The van der Waals surface area contributed by atoms with Crippen LogP contribution in [0.3, 0.4) is 0 Å². The number of aromatic nitrogens is 1. The SMILES string of the molecule is COc1cc2c(cc1OCc1ccccc1)N(C(=O)c1cc3ccccc3[nH]1)CC21CCN(C)CC1. The number of nitrogens with zero attached hydrogens (tertiary/aromatic N) is 2. The van der Waals surface area contributed by atoms with E-state index >= 15 is 0 Å². The summed E-state index contributed by atoms with van der Waals surface area (Å²) in [6.07, 6.45) is 2.00. The third kappa shape index (κ3) is 3.91. The quantitative estimate of drug-likeness (QED) is 0.416. The van der Waals surface area contributed by atoms with Crippen LogP contribution in [0.1, 0.15) is 34.5 Å². The highest BCUT2D eigenvalue weighted by Gasteiger charge is 2.47. The van der Waals surface area contributed by atoms with Gasteiger partial charge >= 0.3 is 0 Å². The maximum atomic E-state index is 13.9. The highest BCUT2D eigenvalue weighted by atomic mass is 16.5. The highest BCUT2D eigenvalue weighted by Crippen LogP contribution is 2.51. The summed E-state index contributed by atoms with van der Waals surface area (Å²) in [5.74, 6) is 1.35. The number of piperidine rings is 1. The van der Waals surface area contributed by atoms with Crippen LogP contribution in [-0.4, -0.2) is 49.6 Å². The van der Waals surface area contributed by atoms with Gasteiger partial charge in [-0.25, -0.2) is 0 Å². The van der Waals surface area contributed by atoms with Crippen LogP contribution in [-0.2, 0) is 12.0 Å². The van der Waals surface area contributed by atoms with E-state index in [1.54, 1.807) is 7.11 Å². The number of anilines is 1. The highest BCUT2D eigenvalue weighted by molar-refractivity contribution is 6.09. The number of rotatable bonds is 5. The first-order valence-corrected chi connectivity index (χ1v) is 12.5. The Hall–Kier alpha value is -3.77. The zero-order valence-electron chi connectivity index (χ0n) is 20.8. The van der Waals surface area contributed by atoms with Crippen LogP contribution in [0, 0.1) is 0 Å². The standard InChI is InChI=1S/C30H31N3O3/c1-32-14-12-30(13-15-32)20-33(29(34)25-16-22-10-6-7-11-24(22)31-25)26-18-28(27(35-2)17-23(26)30)36-19-21-8-4-3-5-9-21/h3-11,16-18,31H,12-15,19-20H2,1-2H3. The lowest BCUT2D eigenvalue weighted by Gasteiger charge is -2.38. The van der Waals surface area contributed by atoms with Crippen molar-refractivity contribution in [2.45, 2.75) is 24.9 Å². The summed E-state index contributed by atoms with van der Waals surface area (Å²) < 4.78 is 12.0. The summed E-state index contributed by atoms with van der Waals surface area (Å²) in [7, 11) is 3.85.